The van der Waals surface area contributed by atoms with Crippen molar-refractivity contribution in [2.45, 2.75) is 96.6 Å². The lowest BCUT2D eigenvalue weighted by molar-refractivity contribution is -0.117. The molecule has 0 N–H and O–H groups in total. The summed E-state index contributed by atoms with van der Waals surface area (Å²) in [4.78, 5) is 14.3. The summed E-state index contributed by atoms with van der Waals surface area (Å²) in [5.41, 5.74) is 1.32. The first-order valence-corrected chi connectivity index (χ1v) is 10.6. The number of likely N-dealkylation sites (tertiary alicyclic amines) is 1. The standard InChI is InChI=1S/C23H37NO/c1-2-3-4-5-6-7-8-9-10-14-17-22-18-23(25)20-24(22)19-21-15-12-11-13-16-21/h11-13,15-16,22H,2-10,14,17-20H2,1H3. The Bertz CT molecular complexity index is 470. The van der Waals surface area contributed by atoms with Gasteiger partial charge in [0.15, 0.2) is 0 Å². The first-order chi connectivity index (χ1) is 12.3. The first-order valence-electron chi connectivity index (χ1n) is 10.6. The van der Waals surface area contributed by atoms with Gasteiger partial charge in [0, 0.05) is 19.0 Å². The summed E-state index contributed by atoms with van der Waals surface area (Å²) in [5.74, 6) is 0.424. The van der Waals surface area contributed by atoms with Crippen LogP contribution in [0.1, 0.15) is 89.5 Å². The number of rotatable bonds is 13. The zero-order chi connectivity index (χ0) is 17.7. The monoisotopic (exact) mass is 343 g/mol. The molecule has 1 aliphatic heterocycles. The maximum Gasteiger partial charge on any atom is 0.148 e. The van der Waals surface area contributed by atoms with Gasteiger partial charge < -0.3 is 0 Å². The van der Waals surface area contributed by atoms with Gasteiger partial charge in [-0.25, -0.2) is 0 Å². The second-order valence-corrected chi connectivity index (χ2v) is 7.76. The highest BCUT2D eigenvalue weighted by molar-refractivity contribution is 5.83. The maximum atomic E-state index is 11.9. The highest BCUT2D eigenvalue weighted by Crippen LogP contribution is 2.23. The molecule has 1 fully saturated rings. The van der Waals surface area contributed by atoms with Gasteiger partial charge in [-0.2, -0.15) is 0 Å². The Kier molecular flexibility index (Phi) is 9.88. The number of ketones is 1. The van der Waals surface area contributed by atoms with E-state index in [1.54, 1.807) is 0 Å². The molecule has 1 saturated heterocycles. The lowest BCUT2D eigenvalue weighted by atomic mass is 10.0. The van der Waals surface area contributed by atoms with Gasteiger partial charge in [0.25, 0.3) is 0 Å². The lowest BCUT2D eigenvalue weighted by Gasteiger charge is -2.23. The van der Waals surface area contributed by atoms with Gasteiger partial charge in [0.2, 0.25) is 0 Å². The Morgan fingerprint density at radius 1 is 0.880 bits per heavy atom. The summed E-state index contributed by atoms with van der Waals surface area (Å²) in [6.07, 6.45) is 15.7. The van der Waals surface area contributed by atoms with Crippen molar-refractivity contribution < 1.29 is 4.79 Å². The molecule has 0 saturated carbocycles. The van der Waals surface area contributed by atoms with Crippen molar-refractivity contribution in [3.05, 3.63) is 35.9 Å². The second-order valence-electron chi connectivity index (χ2n) is 7.76. The summed E-state index contributed by atoms with van der Waals surface area (Å²) >= 11 is 0. The maximum absolute atomic E-state index is 11.9. The first kappa shape index (κ1) is 20.2. The summed E-state index contributed by atoms with van der Waals surface area (Å²) in [6, 6.07) is 11.0. The van der Waals surface area contributed by atoms with Crippen molar-refractivity contribution >= 4 is 5.78 Å². The van der Waals surface area contributed by atoms with E-state index in [-0.39, 0.29) is 0 Å². The van der Waals surface area contributed by atoms with Crippen LogP contribution in [-0.4, -0.2) is 23.3 Å². The average Bonchev–Trinajstić information content (AvgIpc) is 2.97. The van der Waals surface area contributed by atoms with E-state index in [2.05, 4.69) is 42.2 Å². The largest absolute Gasteiger partial charge is 0.298 e. The molecule has 1 aromatic carbocycles. The molecule has 0 radical (unpaired) electrons. The van der Waals surface area contributed by atoms with E-state index in [0.717, 1.165) is 13.0 Å². The van der Waals surface area contributed by atoms with E-state index >= 15 is 0 Å². The topological polar surface area (TPSA) is 20.3 Å². The molecule has 0 spiro atoms. The van der Waals surface area contributed by atoms with E-state index in [1.165, 1.54) is 76.2 Å². The fourth-order valence-corrected chi connectivity index (χ4v) is 3.97. The zero-order valence-electron chi connectivity index (χ0n) is 16.2. The molecule has 140 valence electrons. The Labute approximate surface area is 155 Å². The third-order valence-electron chi connectivity index (χ3n) is 5.48. The molecule has 0 bridgehead atoms. The molecule has 1 aromatic rings. The van der Waals surface area contributed by atoms with Crippen molar-refractivity contribution in [1.82, 2.24) is 4.90 Å². The zero-order valence-corrected chi connectivity index (χ0v) is 16.2. The van der Waals surface area contributed by atoms with Crippen LogP contribution >= 0.6 is 0 Å². The molecule has 1 aliphatic rings. The van der Waals surface area contributed by atoms with E-state index in [9.17, 15) is 4.79 Å². The molecule has 2 rings (SSSR count). The molecule has 1 atom stereocenters. The predicted molar refractivity (Wildman–Crippen MR) is 107 cm³/mol. The van der Waals surface area contributed by atoms with Crippen LogP contribution in [0.15, 0.2) is 30.3 Å². The minimum atomic E-state index is 0.424. The minimum absolute atomic E-state index is 0.424. The van der Waals surface area contributed by atoms with Gasteiger partial charge in [-0.1, -0.05) is 101 Å². The van der Waals surface area contributed by atoms with Gasteiger partial charge in [-0.15, -0.1) is 0 Å². The third-order valence-corrected chi connectivity index (χ3v) is 5.48. The molecule has 0 aromatic heterocycles. The number of benzene rings is 1. The lowest BCUT2D eigenvalue weighted by Crippen LogP contribution is -2.29. The van der Waals surface area contributed by atoms with Crippen LogP contribution < -0.4 is 0 Å². The van der Waals surface area contributed by atoms with Crippen LogP contribution in [0.5, 0.6) is 0 Å². The quantitative estimate of drug-likeness (QED) is 0.401. The number of unbranched alkanes of at least 4 members (excludes halogenated alkanes) is 9. The van der Waals surface area contributed by atoms with E-state index in [4.69, 9.17) is 0 Å². The van der Waals surface area contributed by atoms with Crippen molar-refractivity contribution in [2.75, 3.05) is 6.54 Å². The highest BCUT2D eigenvalue weighted by atomic mass is 16.1. The van der Waals surface area contributed by atoms with Crippen molar-refractivity contribution in [2.24, 2.45) is 0 Å². The Morgan fingerprint density at radius 3 is 2.12 bits per heavy atom. The molecule has 1 unspecified atom stereocenters. The van der Waals surface area contributed by atoms with E-state index < -0.39 is 0 Å². The molecule has 2 nitrogen and oxygen atoms in total. The highest BCUT2D eigenvalue weighted by Gasteiger charge is 2.29. The molecule has 0 amide bonds. The van der Waals surface area contributed by atoms with Gasteiger partial charge in [-0.05, 0) is 12.0 Å². The van der Waals surface area contributed by atoms with E-state index in [1.807, 2.05) is 0 Å². The summed E-state index contributed by atoms with van der Waals surface area (Å²) in [7, 11) is 0. The van der Waals surface area contributed by atoms with Gasteiger partial charge >= 0.3 is 0 Å². The number of hydrogen-bond acceptors (Lipinski definition) is 2. The molecule has 1 heterocycles. The van der Waals surface area contributed by atoms with Gasteiger partial charge in [0.05, 0.1) is 6.54 Å². The molecule has 2 heteroatoms. The van der Waals surface area contributed by atoms with Crippen LogP contribution in [0.4, 0.5) is 0 Å². The number of hydrogen-bond donors (Lipinski definition) is 0. The van der Waals surface area contributed by atoms with Crippen molar-refractivity contribution in [3.63, 3.8) is 0 Å². The Hall–Kier alpha value is -1.15. The third kappa shape index (κ3) is 8.18. The van der Waals surface area contributed by atoms with Crippen molar-refractivity contribution in [1.29, 1.82) is 0 Å². The summed E-state index contributed by atoms with van der Waals surface area (Å²) < 4.78 is 0. The average molecular weight is 344 g/mol. The summed E-state index contributed by atoms with van der Waals surface area (Å²) in [5, 5.41) is 0. The summed E-state index contributed by atoms with van der Waals surface area (Å²) in [6.45, 7) is 3.85. The smallest absolute Gasteiger partial charge is 0.148 e. The Morgan fingerprint density at radius 2 is 1.48 bits per heavy atom. The van der Waals surface area contributed by atoms with Crippen molar-refractivity contribution in [3.8, 4) is 0 Å². The van der Waals surface area contributed by atoms with Crippen LogP contribution in [-0.2, 0) is 11.3 Å². The number of carbonyl (C=O) groups is 1. The van der Waals surface area contributed by atoms with Crippen LogP contribution in [0.25, 0.3) is 0 Å². The molecular formula is C23H37NO. The fraction of sp³-hybridized carbons (Fsp3) is 0.696. The fourth-order valence-electron chi connectivity index (χ4n) is 3.97. The van der Waals surface area contributed by atoms with Crippen LogP contribution in [0.2, 0.25) is 0 Å². The second kappa shape index (κ2) is 12.2. The Balaban J connectivity index is 1.55. The SMILES string of the molecule is CCCCCCCCCCCCC1CC(=O)CN1Cc1ccccc1. The number of carbonyl (C=O) groups excluding carboxylic acids is 1. The minimum Gasteiger partial charge on any atom is -0.298 e. The van der Waals surface area contributed by atoms with Crippen LogP contribution in [0, 0.1) is 0 Å². The van der Waals surface area contributed by atoms with Gasteiger partial charge in [0.1, 0.15) is 5.78 Å². The molecular weight excluding hydrogens is 306 g/mol. The number of Topliss-reactive ketones (excluding diaryl/α,β-unsaturated/α-hetero) is 1. The molecule has 25 heavy (non-hydrogen) atoms. The van der Waals surface area contributed by atoms with Gasteiger partial charge in [-0.3, -0.25) is 9.69 Å². The predicted octanol–water partition coefficient (Wildman–Crippen LogP) is 6.14. The van der Waals surface area contributed by atoms with Crippen LogP contribution in [0.3, 0.4) is 0 Å². The normalized spacial score (nSPS) is 18.1. The number of nitrogens with zero attached hydrogens (tertiary/aromatic N) is 1. The molecule has 0 aliphatic carbocycles. The van der Waals surface area contributed by atoms with E-state index in [0.29, 0.717) is 18.4 Å².